The van der Waals surface area contributed by atoms with E-state index in [0.29, 0.717) is 12.3 Å². The van der Waals surface area contributed by atoms with Gasteiger partial charge in [-0.2, -0.15) is 0 Å². The molecule has 0 aliphatic carbocycles. The van der Waals surface area contributed by atoms with Crippen LogP contribution < -0.4 is 10.1 Å². The molecule has 0 aliphatic rings. The fourth-order valence-electron chi connectivity index (χ4n) is 2.60. The molecule has 0 saturated carbocycles. The molecule has 0 spiro atoms. The van der Waals surface area contributed by atoms with E-state index in [9.17, 15) is 9.59 Å². The maximum atomic E-state index is 13.0. The van der Waals surface area contributed by atoms with Gasteiger partial charge in [0.05, 0.1) is 0 Å². The van der Waals surface area contributed by atoms with E-state index < -0.39 is 6.04 Å². The molecule has 2 aromatic carbocycles. The van der Waals surface area contributed by atoms with E-state index in [1.165, 1.54) is 0 Å². The molecular weight excluding hydrogens is 547 g/mol. The number of carbonyl (C=O) groups excluding carboxylic acids is 2. The van der Waals surface area contributed by atoms with Gasteiger partial charge in [0.25, 0.3) is 5.91 Å². The van der Waals surface area contributed by atoms with E-state index in [0.717, 1.165) is 13.6 Å². The quantitative estimate of drug-likeness (QED) is 0.487. The Hall–Kier alpha value is -1.61. The number of rotatable bonds is 7. The van der Waals surface area contributed by atoms with Crippen LogP contribution in [0.1, 0.15) is 33.3 Å². The lowest BCUT2D eigenvalue weighted by Gasteiger charge is -2.31. The lowest BCUT2D eigenvalue weighted by Crippen LogP contribution is -2.53. The average molecular weight is 573 g/mol. The summed E-state index contributed by atoms with van der Waals surface area (Å²) in [6.45, 7) is 7.67. The number of hydrogen-bond acceptors (Lipinski definition) is 3. The van der Waals surface area contributed by atoms with E-state index in [2.05, 4.69) is 43.8 Å². The number of ether oxygens (including phenoxy) is 1. The highest BCUT2D eigenvalue weighted by Crippen LogP contribution is 2.17. The van der Waals surface area contributed by atoms with Crippen molar-refractivity contribution in [1.29, 1.82) is 0 Å². The van der Waals surface area contributed by atoms with Gasteiger partial charge >= 0.3 is 0 Å². The molecule has 0 radical (unpaired) electrons. The van der Waals surface area contributed by atoms with E-state index >= 15 is 0 Å². The van der Waals surface area contributed by atoms with Crippen LogP contribution >= 0.6 is 38.5 Å². The molecule has 0 aromatic heterocycles. The molecule has 1 unspecified atom stereocenters. The molecule has 2 amide bonds. The minimum absolute atomic E-state index is 0.135. The standard InChI is InChI=1S/C22H26BrIN2O3/c1-15(21(28)25-22(2,3)4)26(13-16-5-7-17(23)8-6-16)20(27)14-29-19-11-9-18(24)10-12-19/h5-12,15H,13-14H2,1-4H3,(H,25,28). The van der Waals surface area contributed by atoms with Crippen LogP contribution in [0.2, 0.25) is 0 Å². The minimum atomic E-state index is -0.634. The monoisotopic (exact) mass is 572 g/mol. The van der Waals surface area contributed by atoms with Gasteiger partial charge in [-0.3, -0.25) is 9.59 Å². The Balaban J connectivity index is 2.15. The molecule has 2 rings (SSSR count). The summed E-state index contributed by atoms with van der Waals surface area (Å²) in [5.74, 6) is 0.175. The Morgan fingerprint density at radius 1 is 1.10 bits per heavy atom. The number of hydrogen-bond donors (Lipinski definition) is 1. The maximum absolute atomic E-state index is 13.0. The van der Waals surface area contributed by atoms with Crippen LogP contribution in [0.15, 0.2) is 53.0 Å². The van der Waals surface area contributed by atoms with Crippen LogP contribution in [0, 0.1) is 3.57 Å². The fourth-order valence-corrected chi connectivity index (χ4v) is 3.23. The molecule has 0 saturated heterocycles. The summed E-state index contributed by atoms with van der Waals surface area (Å²) >= 11 is 5.63. The largest absolute Gasteiger partial charge is 0.484 e. The Morgan fingerprint density at radius 3 is 2.24 bits per heavy atom. The van der Waals surface area contributed by atoms with Gasteiger partial charge in [-0.1, -0.05) is 28.1 Å². The lowest BCUT2D eigenvalue weighted by molar-refractivity contribution is -0.142. The number of nitrogens with one attached hydrogen (secondary N) is 1. The molecule has 2 aromatic rings. The molecule has 1 N–H and O–H groups in total. The molecule has 1 atom stereocenters. The first-order valence-corrected chi connectivity index (χ1v) is 11.2. The summed E-state index contributed by atoms with van der Waals surface area (Å²) in [4.78, 5) is 27.2. The van der Waals surface area contributed by atoms with Crippen molar-refractivity contribution >= 4 is 50.3 Å². The highest BCUT2D eigenvalue weighted by Gasteiger charge is 2.28. The molecular formula is C22H26BrIN2O3. The zero-order chi connectivity index (χ0) is 21.6. The average Bonchev–Trinajstić information content (AvgIpc) is 2.65. The van der Waals surface area contributed by atoms with Crippen molar-refractivity contribution in [2.45, 2.75) is 45.8 Å². The van der Waals surface area contributed by atoms with Gasteiger partial charge in [0.1, 0.15) is 11.8 Å². The summed E-state index contributed by atoms with van der Waals surface area (Å²) in [7, 11) is 0. The van der Waals surface area contributed by atoms with E-state index in [1.807, 2.05) is 69.3 Å². The zero-order valence-corrected chi connectivity index (χ0v) is 20.8. The molecule has 0 aliphatic heterocycles. The summed E-state index contributed by atoms with van der Waals surface area (Å²) in [5, 5.41) is 2.95. The first kappa shape index (κ1) is 23.7. The van der Waals surface area contributed by atoms with Gasteiger partial charge in [0, 0.05) is 20.1 Å². The Morgan fingerprint density at radius 2 is 1.69 bits per heavy atom. The SMILES string of the molecule is CC(C(=O)NC(C)(C)C)N(Cc1ccc(Br)cc1)C(=O)COc1ccc(I)cc1. The van der Waals surface area contributed by atoms with Gasteiger partial charge in [-0.05, 0) is 92.2 Å². The van der Waals surface area contributed by atoms with Gasteiger partial charge in [0.2, 0.25) is 5.91 Å². The Kier molecular flexibility index (Phi) is 8.51. The van der Waals surface area contributed by atoms with Crippen molar-refractivity contribution in [3.8, 4) is 5.75 Å². The normalized spacial score (nSPS) is 12.2. The second-order valence-corrected chi connectivity index (χ2v) is 9.97. The molecule has 0 heterocycles. The first-order chi connectivity index (χ1) is 13.5. The van der Waals surface area contributed by atoms with Crippen LogP contribution in [0.4, 0.5) is 0 Å². The second kappa shape index (κ2) is 10.4. The molecule has 156 valence electrons. The predicted molar refractivity (Wildman–Crippen MR) is 127 cm³/mol. The van der Waals surface area contributed by atoms with E-state index in [4.69, 9.17) is 4.74 Å². The van der Waals surface area contributed by atoms with Crippen molar-refractivity contribution in [2.75, 3.05) is 6.61 Å². The van der Waals surface area contributed by atoms with Gasteiger partial charge in [-0.25, -0.2) is 0 Å². The van der Waals surface area contributed by atoms with Gasteiger partial charge < -0.3 is 15.0 Å². The maximum Gasteiger partial charge on any atom is 0.261 e. The predicted octanol–water partition coefficient (Wildman–Crippen LogP) is 4.76. The number of nitrogens with zero attached hydrogens (tertiary/aromatic N) is 1. The van der Waals surface area contributed by atoms with Crippen molar-refractivity contribution in [3.05, 3.63) is 62.1 Å². The highest BCUT2D eigenvalue weighted by atomic mass is 127. The Bertz CT molecular complexity index is 833. The lowest BCUT2D eigenvalue weighted by atomic mass is 10.1. The van der Waals surface area contributed by atoms with Crippen LogP contribution in [0.25, 0.3) is 0 Å². The van der Waals surface area contributed by atoms with Gasteiger partial charge in [0.15, 0.2) is 6.61 Å². The molecule has 29 heavy (non-hydrogen) atoms. The number of halogens is 2. The number of carbonyl (C=O) groups is 2. The van der Waals surface area contributed by atoms with E-state index in [1.54, 1.807) is 11.8 Å². The van der Waals surface area contributed by atoms with Crippen LogP contribution in [-0.2, 0) is 16.1 Å². The first-order valence-electron chi connectivity index (χ1n) is 9.29. The molecule has 0 bridgehead atoms. The highest BCUT2D eigenvalue weighted by molar-refractivity contribution is 14.1. The number of amides is 2. The molecule has 0 fully saturated rings. The fraction of sp³-hybridized carbons (Fsp3) is 0.364. The summed E-state index contributed by atoms with van der Waals surface area (Å²) in [6.07, 6.45) is 0. The molecule has 5 nitrogen and oxygen atoms in total. The van der Waals surface area contributed by atoms with E-state index in [-0.39, 0.29) is 24.0 Å². The van der Waals surface area contributed by atoms with Crippen molar-refractivity contribution in [3.63, 3.8) is 0 Å². The summed E-state index contributed by atoms with van der Waals surface area (Å²) < 4.78 is 7.70. The third-order valence-electron chi connectivity index (χ3n) is 4.11. The zero-order valence-electron chi connectivity index (χ0n) is 17.0. The summed E-state index contributed by atoms with van der Waals surface area (Å²) in [6, 6.07) is 14.5. The van der Waals surface area contributed by atoms with Crippen LogP contribution in [0.3, 0.4) is 0 Å². The summed E-state index contributed by atoms with van der Waals surface area (Å²) in [5.41, 5.74) is 0.557. The van der Waals surface area contributed by atoms with Crippen molar-refractivity contribution < 1.29 is 14.3 Å². The molecule has 7 heteroatoms. The van der Waals surface area contributed by atoms with Gasteiger partial charge in [-0.15, -0.1) is 0 Å². The third-order valence-corrected chi connectivity index (χ3v) is 5.36. The second-order valence-electron chi connectivity index (χ2n) is 7.81. The van der Waals surface area contributed by atoms with Crippen molar-refractivity contribution in [1.82, 2.24) is 10.2 Å². The third kappa shape index (κ3) is 7.97. The van der Waals surface area contributed by atoms with Crippen LogP contribution in [-0.4, -0.2) is 34.9 Å². The van der Waals surface area contributed by atoms with Crippen molar-refractivity contribution in [2.24, 2.45) is 0 Å². The van der Waals surface area contributed by atoms with Crippen LogP contribution in [0.5, 0.6) is 5.75 Å². The Labute approximate surface area is 194 Å². The number of benzene rings is 2. The topological polar surface area (TPSA) is 58.6 Å². The smallest absolute Gasteiger partial charge is 0.261 e. The minimum Gasteiger partial charge on any atom is -0.484 e.